The van der Waals surface area contributed by atoms with Crippen LogP contribution in [0.15, 0.2) is 12.1 Å². The number of halogens is 1. The van der Waals surface area contributed by atoms with Crippen molar-refractivity contribution in [2.45, 2.75) is 33.3 Å². The number of carbonyl (C=O) groups is 2. The number of esters is 1. The van der Waals surface area contributed by atoms with Crippen LogP contribution in [0.25, 0.3) is 0 Å². The maximum absolute atomic E-state index is 12.1. The number of carbonyl (C=O) groups excluding carboxylic acids is 2. The predicted octanol–water partition coefficient (Wildman–Crippen LogP) is 2.84. The molecule has 1 aromatic rings. The molecule has 1 amide bonds. The van der Waals surface area contributed by atoms with Crippen molar-refractivity contribution in [2.24, 2.45) is 0 Å². The Bertz CT molecular complexity index is 521. The highest BCUT2D eigenvalue weighted by atomic mass is 35.5. The largest absolute Gasteiger partial charge is 0.456 e. The van der Waals surface area contributed by atoms with Gasteiger partial charge in [-0.2, -0.15) is 0 Å². The first kappa shape index (κ1) is 15.3. The molecule has 1 aromatic carbocycles. The Morgan fingerprint density at radius 1 is 1.32 bits per heavy atom. The Hall–Kier alpha value is -1.75. The van der Waals surface area contributed by atoms with Gasteiger partial charge in [0.05, 0.1) is 22.0 Å². The molecule has 6 heteroatoms. The molecule has 0 radical (unpaired) electrons. The number of nitrogens with one attached hydrogen (secondary N) is 1. The molecule has 1 rings (SSSR count). The molecule has 0 aliphatic rings. The van der Waals surface area contributed by atoms with Crippen molar-refractivity contribution < 1.29 is 14.3 Å². The van der Waals surface area contributed by atoms with E-state index in [1.807, 2.05) is 0 Å². The summed E-state index contributed by atoms with van der Waals surface area (Å²) in [4.78, 5) is 23.2. The van der Waals surface area contributed by atoms with Gasteiger partial charge in [-0.3, -0.25) is 4.79 Å². The number of hydrogen-bond acceptors (Lipinski definition) is 4. The summed E-state index contributed by atoms with van der Waals surface area (Å²) in [7, 11) is 0. The number of ether oxygens (including phenoxy) is 1. The second kappa shape index (κ2) is 5.48. The molecule has 0 aliphatic carbocycles. The third kappa shape index (κ3) is 4.44. The first-order valence-electron chi connectivity index (χ1n) is 5.70. The SMILES string of the molecule is CC(=O)Nc1cc(Cl)c(N)cc1C(=O)OC(C)(C)C. The van der Waals surface area contributed by atoms with Crippen LogP contribution < -0.4 is 11.1 Å². The predicted molar refractivity (Wildman–Crippen MR) is 75.3 cm³/mol. The molecule has 3 N–H and O–H groups in total. The summed E-state index contributed by atoms with van der Waals surface area (Å²) in [5, 5.41) is 2.79. The number of anilines is 2. The number of nitrogen functional groups attached to an aromatic ring is 1. The standard InChI is InChI=1S/C13H17ClN2O3/c1-7(17)16-11-6-9(14)10(15)5-8(11)12(18)19-13(2,3)4/h5-6H,15H2,1-4H3,(H,16,17). The van der Waals surface area contributed by atoms with Gasteiger partial charge in [0.15, 0.2) is 0 Å². The van der Waals surface area contributed by atoms with Crippen LogP contribution in [0.5, 0.6) is 0 Å². The average Bonchev–Trinajstić information content (AvgIpc) is 2.19. The molecule has 0 fully saturated rings. The zero-order valence-electron chi connectivity index (χ0n) is 11.3. The number of amides is 1. The molecule has 19 heavy (non-hydrogen) atoms. The lowest BCUT2D eigenvalue weighted by Gasteiger charge is -2.21. The Kier molecular flexibility index (Phi) is 4.42. The summed E-state index contributed by atoms with van der Waals surface area (Å²) >= 11 is 5.88. The molecule has 104 valence electrons. The van der Waals surface area contributed by atoms with Crippen LogP contribution in [0.2, 0.25) is 5.02 Å². The van der Waals surface area contributed by atoms with Crippen molar-refractivity contribution >= 4 is 34.9 Å². The van der Waals surface area contributed by atoms with E-state index < -0.39 is 11.6 Å². The fourth-order valence-electron chi connectivity index (χ4n) is 1.39. The van der Waals surface area contributed by atoms with Gasteiger partial charge < -0.3 is 15.8 Å². The van der Waals surface area contributed by atoms with Crippen LogP contribution in [0.4, 0.5) is 11.4 Å². The first-order valence-corrected chi connectivity index (χ1v) is 6.08. The van der Waals surface area contributed by atoms with Crippen LogP contribution in [-0.4, -0.2) is 17.5 Å². The van der Waals surface area contributed by atoms with Crippen LogP contribution >= 0.6 is 11.6 Å². The Morgan fingerprint density at radius 3 is 2.37 bits per heavy atom. The third-order valence-electron chi connectivity index (χ3n) is 2.07. The minimum absolute atomic E-state index is 0.173. The smallest absolute Gasteiger partial charge is 0.340 e. The normalized spacial score (nSPS) is 11.0. The van der Waals surface area contributed by atoms with Crippen LogP contribution in [0.1, 0.15) is 38.1 Å². The number of rotatable bonds is 2. The Morgan fingerprint density at radius 2 is 1.89 bits per heavy atom. The van der Waals surface area contributed by atoms with Crippen molar-refractivity contribution in [3.63, 3.8) is 0 Å². The molecule has 5 nitrogen and oxygen atoms in total. The summed E-state index contributed by atoms with van der Waals surface area (Å²) in [6.07, 6.45) is 0. The van der Waals surface area contributed by atoms with Gasteiger partial charge in [-0.25, -0.2) is 4.79 Å². The van der Waals surface area contributed by atoms with Crippen molar-refractivity contribution in [3.05, 3.63) is 22.7 Å². The molecule has 0 spiro atoms. The second-order valence-corrected chi connectivity index (χ2v) is 5.51. The van der Waals surface area contributed by atoms with Crippen LogP contribution in [0, 0.1) is 0 Å². The molecular formula is C13H17ClN2O3. The quantitative estimate of drug-likeness (QED) is 0.646. The van der Waals surface area contributed by atoms with Gasteiger partial charge in [-0.05, 0) is 32.9 Å². The molecule has 0 atom stereocenters. The van der Waals surface area contributed by atoms with E-state index in [9.17, 15) is 9.59 Å². The highest BCUT2D eigenvalue weighted by Crippen LogP contribution is 2.28. The fraction of sp³-hybridized carbons (Fsp3) is 0.385. The highest BCUT2D eigenvalue weighted by molar-refractivity contribution is 6.33. The topological polar surface area (TPSA) is 81.4 Å². The van der Waals surface area contributed by atoms with Crippen molar-refractivity contribution in [3.8, 4) is 0 Å². The van der Waals surface area contributed by atoms with E-state index in [0.717, 1.165) is 0 Å². The van der Waals surface area contributed by atoms with Crippen LogP contribution in [0.3, 0.4) is 0 Å². The lowest BCUT2D eigenvalue weighted by Crippen LogP contribution is -2.25. The molecule has 0 saturated heterocycles. The van der Waals surface area contributed by atoms with E-state index in [2.05, 4.69) is 5.32 Å². The van der Waals surface area contributed by atoms with E-state index in [4.69, 9.17) is 22.1 Å². The summed E-state index contributed by atoms with van der Waals surface area (Å²) in [5.41, 5.74) is 5.73. The summed E-state index contributed by atoms with van der Waals surface area (Å²) < 4.78 is 5.25. The molecule has 0 unspecified atom stereocenters. The van der Waals surface area contributed by atoms with Gasteiger partial charge in [0.25, 0.3) is 0 Å². The minimum atomic E-state index is -0.640. The Balaban J connectivity index is 3.20. The number of nitrogens with two attached hydrogens (primary N) is 1. The number of hydrogen-bond donors (Lipinski definition) is 2. The second-order valence-electron chi connectivity index (χ2n) is 5.10. The summed E-state index contributed by atoms with van der Waals surface area (Å²) in [5.74, 6) is -0.884. The third-order valence-corrected chi connectivity index (χ3v) is 2.39. The monoisotopic (exact) mass is 284 g/mol. The van der Waals surface area contributed by atoms with Gasteiger partial charge >= 0.3 is 5.97 Å². The van der Waals surface area contributed by atoms with E-state index in [1.165, 1.54) is 19.1 Å². The van der Waals surface area contributed by atoms with Gasteiger partial charge in [0.2, 0.25) is 5.91 Å². The molecule has 0 aromatic heterocycles. The Labute approximate surface area is 117 Å². The summed E-state index contributed by atoms with van der Waals surface area (Å²) in [6.45, 7) is 6.59. The van der Waals surface area contributed by atoms with Gasteiger partial charge in [-0.15, -0.1) is 0 Å². The van der Waals surface area contributed by atoms with Crippen LogP contribution in [-0.2, 0) is 9.53 Å². The highest BCUT2D eigenvalue weighted by Gasteiger charge is 2.22. The van der Waals surface area contributed by atoms with Crippen molar-refractivity contribution in [2.75, 3.05) is 11.1 Å². The van der Waals surface area contributed by atoms with E-state index in [0.29, 0.717) is 0 Å². The summed E-state index contributed by atoms with van der Waals surface area (Å²) in [6, 6.07) is 2.82. The minimum Gasteiger partial charge on any atom is -0.456 e. The molecule has 0 heterocycles. The van der Waals surface area contributed by atoms with Gasteiger partial charge in [0, 0.05) is 6.92 Å². The zero-order valence-corrected chi connectivity index (χ0v) is 12.1. The van der Waals surface area contributed by atoms with Crippen molar-refractivity contribution in [1.29, 1.82) is 0 Å². The first-order chi connectivity index (χ1) is 8.60. The van der Waals surface area contributed by atoms with Gasteiger partial charge in [0.1, 0.15) is 5.60 Å². The maximum Gasteiger partial charge on any atom is 0.340 e. The van der Waals surface area contributed by atoms with Crippen molar-refractivity contribution in [1.82, 2.24) is 0 Å². The van der Waals surface area contributed by atoms with E-state index in [1.54, 1.807) is 20.8 Å². The lowest BCUT2D eigenvalue weighted by molar-refractivity contribution is -0.114. The molecule has 0 bridgehead atoms. The molecule has 0 saturated carbocycles. The molecular weight excluding hydrogens is 268 g/mol. The maximum atomic E-state index is 12.1. The van der Waals surface area contributed by atoms with E-state index >= 15 is 0 Å². The zero-order chi connectivity index (χ0) is 14.8. The lowest BCUT2D eigenvalue weighted by atomic mass is 10.1. The average molecular weight is 285 g/mol. The van der Waals surface area contributed by atoms with E-state index in [-0.39, 0.29) is 27.9 Å². The fourth-order valence-corrected chi connectivity index (χ4v) is 1.55. The van der Waals surface area contributed by atoms with Gasteiger partial charge in [-0.1, -0.05) is 11.6 Å². The number of benzene rings is 1. The molecule has 0 aliphatic heterocycles.